The van der Waals surface area contributed by atoms with E-state index in [0.717, 1.165) is 12.8 Å². The van der Waals surface area contributed by atoms with Crippen LogP contribution in [0.4, 0.5) is 5.69 Å². The van der Waals surface area contributed by atoms with Crippen molar-refractivity contribution in [1.82, 2.24) is 5.43 Å². The molecule has 1 rings (SSSR count). The van der Waals surface area contributed by atoms with Crippen LogP contribution in [0.25, 0.3) is 0 Å². The number of hydrogen-bond acceptors (Lipinski definition) is 4. The van der Waals surface area contributed by atoms with E-state index in [2.05, 4.69) is 17.5 Å². The number of carbonyl (C=O) groups excluding carboxylic acids is 1. The van der Waals surface area contributed by atoms with Gasteiger partial charge in [0, 0.05) is 24.1 Å². The first-order valence-corrected chi connectivity index (χ1v) is 9.20. The van der Waals surface area contributed by atoms with Crippen molar-refractivity contribution in [2.45, 2.75) is 71.1 Å². The van der Waals surface area contributed by atoms with Gasteiger partial charge in [0.25, 0.3) is 5.69 Å². The van der Waals surface area contributed by atoms with Crippen molar-refractivity contribution in [3.8, 4) is 0 Å². The molecule has 6 nitrogen and oxygen atoms in total. The molecule has 0 unspecified atom stereocenters. The molecule has 0 aliphatic heterocycles. The van der Waals surface area contributed by atoms with Gasteiger partial charge in [-0.05, 0) is 6.42 Å². The normalized spacial score (nSPS) is 10.9. The number of amides is 1. The molecule has 0 radical (unpaired) electrons. The van der Waals surface area contributed by atoms with Gasteiger partial charge in [-0.1, -0.05) is 70.4 Å². The van der Waals surface area contributed by atoms with Crippen LogP contribution >= 0.6 is 0 Å². The summed E-state index contributed by atoms with van der Waals surface area (Å²) < 4.78 is 0. The number of benzene rings is 1. The summed E-state index contributed by atoms with van der Waals surface area (Å²) in [5.74, 6) is -0.121. The average molecular weight is 347 g/mol. The van der Waals surface area contributed by atoms with Gasteiger partial charge in [0.2, 0.25) is 5.91 Å². The molecule has 0 fully saturated rings. The molecule has 0 saturated carbocycles. The standard InChI is InChI=1S/C19H29N3O3/c1-2-3-4-5-6-7-8-9-10-14-19(23)21-20-16-17-12-11-13-18(15-17)22(24)25/h11-13,15-16H,2-10,14H2,1H3,(H,21,23). The smallest absolute Gasteiger partial charge is 0.270 e. The Morgan fingerprint density at radius 3 is 2.40 bits per heavy atom. The summed E-state index contributed by atoms with van der Waals surface area (Å²) in [7, 11) is 0. The van der Waals surface area contributed by atoms with Gasteiger partial charge >= 0.3 is 0 Å². The highest BCUT2D eigenvalue weighted by Gasteiger charge is 2.04. The van der Waals surface area contributed by atoms with Crippen LogP contribution in [0.5, 0.6) is 0 Å². The van der Waals surface area contributed by atoms with Crippen molar-refractivity contribution in [2.75, 3.05) is 0 Å². The number of nitrogens with one attached hydrogen (secondary N) is 1. The number of nitrogens with zero attached hydrogens (tertiary/aromatic N) is 2. The van der Waals surface area contributed by atoms with Crippen molar-refractivity contribution in [3.05, 3.63) is 39.9 Å². The lowest BCUT2D eigenvalue weighted by Gasteiger charge is -2.02. The van der Waals surface area contributed by atoms with Crippen LogP contribution in [-0.4, -0.2) is 17.0 Å². The van der Waals surface area contributed by atoms with E-state index in [1.54, 1.807) is 12.1 Å². The summed E-state index contributed by atoms with van der Waals surface area (Å²) in [5, 5.41) is 14.5. The largest absolute Gasteiger partial charge is 0.273 e. The van der Waals surface area contributed by atoms with Crippen LogP contribution < -0.4 is 5.43 Å². The first-order valence-electron chi connectivity index (χ1n) is 9.20. The Kier molecular flexibility index (Phi) is 10.9. The Morgan fingerprint density at radius 1 is 1.12 bits per heavy atom. The zero-order valence-electron chi connectivity index (χ0n) is 15.1. The summed E-state index contributed by atoms with van der Waals surface area (Å²) in [6.07, 6.45) is 12.8. The van der Waals surface area contributed by atoms with Crippen molar-refractivity contribution in [1.29, 1.82) is 0 Å². The van der Waals surface area contributed by atoms with E-state index >= 15 is 0 Å². The number of unbranched alkanes of at least 4 members (excludes halogenated alkanes) is 8. The average Bonchev–Trinajstić information content (AvgIpc) is 2.60. The molecular weight excluding hydrogens is 318 g/mol. The molecule has 138 valence electrons. The Balaban J connectivity index is 2.10. The molecule has 0 bridgehead atoms. The summed E-state index contributed by atoms with van der Waals surface area (Å²) in [4.78, 5) is 21.9. The van der Waals surface area contributed by atoms with Gasteiger partial charge in [0.1, 0.15) is 0 Å². The minimum Gasteiger partial charge on any atom is -0.273 e. The highest BCUT2D eigenvalue weighted by Crippen LogP contribution is 2.12. The number of carbonyl (C=O) groups is 1. The molecule has 1 N–H and O–H groups in total. The van der Waals surface area contributed by atoms with Gasteiger partial charge in [-0.2, -0.15) is 5.10 Å². The molecule has 1 aromatic rings. The van der Waals surface area contributed by atoms with E-state index in [-0.39, 0.29) is 11.6 Å². The van der Waals surface area contributed by atoms with Gasteiger partial charge in [0.05, 0.1) is 11.1 Å². The number of nitro benzene ring substituents is 1. The maximum absolute atomic E-state index is 11.7. The summed E-state index contributed by atoms with van der Waals surface area (Å²) in [6.45, 7) is 2.22. The van der Waals surface area contributed by atoms with Crippen LogP contribution in [0, 0.1) is 10.1 Å². The fourth-order valence-electron chi connectivity index (χ4n) is 2.55. The number of hydrogen-bond donors (Lipinski definition) is 1. The lowest BCUT2D eigenvalue weighted by molar-refractivity contribution is -0.384. The minimum atomic E-state index is -0.459. The molecule has 0 aliphatic carbocycles. The molecule has 0 spiro atoms. The van der Waals surface area contributed by atoms with Crippen LogP contribution in [0.15, 0.2) is 29.4 Å². The second kappa shape index (κ2) is 13.1. The van der Waals surface area contributed by atoms with E-state index in [1.165, 1.54) is 63.3 Å². The quantitative estimate of drug-likeness (QED) is 0.237. The van der Waals surface area contributed by atoms with Gasteiger partial charge < -0.3 is 0 Å². The summed E-state index contributed by atoms with van der Waals surface area (Å²) in [5.41, 5.74) is 3.05. The second-order valence-corrected chi connectivity index (χ2v) is 6.22. The van der Waals surface area contributed by atoms with Crippen LogP contribution in [0.3, 0.4) is 0 Å². The van der Waals surface area contributed by atoms with E-state index in [0.29, 0.717) is 12.0 Å². The van der Waals surface area contributed by atoms with Gasteiger partial charge in [-0.25, -0.2) is 5.43 Å². The predicted octanol–water partition coefficient (Wildman–Crippen LogP) is 4.97. The third-order valence-electron chi connectivity index (χ3n) is 3.99. The molecule has 1 aromatic carbocycles. The molecule has 25 heavy (non-hydrogen) atoms. The van der Waals surface area contributed by atoms with E-state index in [9.17, 15) is 14.9 Å². The monoisotopic (exact) mass is 347 g/mol. The Bertz CT molecular complexity index is 559. The molecule has 0 aliphatic rings. The van der Waals surface area contributed by atoms with Gasteiger partial charge in [0.15, 0.2) is 0 Å². The zero-order valence-corrected chi connectivity index (χ0v) is 15.1. The van der Waals surface area contributed by atoms with E-state index < -0.39 is 4.92 Å². The van der Waals surface area contributed by atoms with Crippen molar-refractivity contribution in [2.24, 2.45) is 5.10 Å². The summed E-state index contributed by atoms with van der Waals surface area (Å²) >= 11 is 0. The molecule has 1 amide bonds. The van der Waals surface area contributed by atoms with Crippen LogP contribution in [0.1, 0.15) is 76.7 Å². The molecule has 0 saturated heterocycles. The predicted molar refractivity (Wildman–Crippen MR) is 101 cm³/mol. The highest BCUT2D eigenvalue weighted by molar-refractivity contribution is 5.83. The van der Waals surface area contributed by atoms with Gasteiger partial charge in [-0.15, -0.1) is 0 Å². The fraction of sp³-hybridized carbons (Fsp3) is 0.579. The number of nitro groups is 1. The molecule has 0 aromatic heterocycles. The minimum absolute atomic E-state index is 0.00460. The first kappa shape index (κ1) is 20.8. The van der Waals surface area contributed by atoms with Gasteiger partial charge in [-0.3, -0.25) is 14.9 Å². The van der Waals surface area contributed by atoms with Crippen LogP contribution in [-0.2, 0) is 4.79 Å². The van der Waals surface area contributed by atoms with E-state index in [1.807, 2.05) is 0 Å². The molecule has 0 atom stereocenters. The second-order valence-electron chi connectivity index (χ2n) is 6.22. The third-order valence-corrected chi connectivity index (χ3v) is 3.99. The maximum atomic E-state index is 11.7. The number of non-ortho nitro benzene ring substituents is 1. The zero-order chi connectivity index (χ0) is 18.3. The van der Waals surface area contributed by atoms with E-state index in [4.69, 9.17) is 0 Å². The molecular formula is C19H29N3O3. The Labute approximate surface area is 149 Å². The Hall–Kier alpha value is -2.24. The number of rotatable bonds is 13. The van der Waals surface area contributed by atoms with Crippen molar-refractivity contribution in [3.63, 3.8) is 0 Å². The SMILES string of the molecule is CCCCCCCCCCCC(=O)NN=Cc1cccc([N+](=O)[O-])c1. The summed E-state index contributed by atoms with van der Waals surface area (Å²) in [6, 6.07) is 6.11. The third kappa shape index (κ3) is 10.3. The first-order chi connectivity index (χ1) is 12.1. The maximum Gasteiger partial charge on any atom is 0.270 e. The van der Waals surface area contributed by atoms with Crippen LogP contribution in [0.2, 0.25) is 0 Å². The lowest BCUT2D eigenvalue weighted by atomic mass is 10.1. The molecule has 0 heterocycles. The fourth-order valence-corrected chi connectivity index (χ4v) is 2.55. The highest BCUT2D eigenvalue weighted by atomic mass is 16.6. The van der Waals surface area contributed by atoms with Crippen molar-refractivity contribution >= 4 is 17.8 Å². The topological polar surface area (TPSA) is 84.6 Å². The molecule has 6 heteroatoms. The lowest BCUT2D eigenvalue weighted by Crippen LogP contribution is -2.16. The van der Waals surface area contributed by atoms with Crippen molar-refractivity contribution < 1.29 is 9.72 Å². The Morgan fingerprint density at radius 2 is 1.76 bits per heavy atom. The number of hydrazone groups is 1.